The third-order valence-corrected chi connectivity index (χ3v) is 3.84. The molecule has 82 valence electrons. The average Bonchev–Trinajstić information content (AvgIpc) is 2.45. The predicted octanol–water partition coefficient (Wildman–Crippen LogP) is 0.278. The van der Waals surface area contributed by atoms with Crippen molar-refractivity contribution in [3.05, 3.63) is 15.5 Å². The summed E-state index contributed by atoms with van der Waals surface area (Å²) >= 11 is 2.09. The molecule has 5 nitrogen and oxygen atoms in total. The zero-order chi connectivity index (χ0) is 11.0. The average molecular weight is 321 g/mol. The molecule has 0 spiro atoms. The van der Waals surface area contributed by atoms with Crippen molar-refractivity contribution in [2.75, 3.05) is 0 Å². The van der Waals surface area contributed by atoms with E-state index in [0.717, 1.165) is 3.70 Å². The van der Waals surface area contributed by atoms with E-state index in [1.807, 2.05) is 0 Å². The number of nitrogens with one attached hydrogen (secondary N) is 1. The first-order chi connectivity index (χ1) is 7.08. The molecule has 2 N–H and O–H groups in total. The zero-order valence-electron chi connectivity index (χ0n) is 8.27. The fourth-order valence-corrected chi connectivity index (χ4v) is 2.05. The fraction of sp³-hybridized carbons (Fsp3) is 0.556. The molecule has 1 aliphatic rings. The Balaban J connectivity index is 1.99. The molecule has 1 saturated carbocycles. The van der Waals surface area contributed by atoms with Crippen molar-refractivity contribution in [3.63, 3.8) is 0 Å². The van der Waals surface area contributed by atoms with Gasteiger partial charge in [0.2, 0.25) is 0 Å². The fourth-order valence-electron chi connectivity index (χ4n) is 1.54. The number of aromatic nitrogens is 2. The van der Waals surface area contributed by atoms with Gasteiger partial charge in [0.15, 0.2) is 0 Å². The number of aliphatic hydroxyl groups is 1. The number of hydrogen-bond donors (Lipinski definition) is 2. The Bertz CT molecular complexity index is 385. The second kappa shape index (κ2) is 4.09. The molecule has 0 saturated heterocycles. The van der Waals surface area contributed by atoms with Gasteiger partial charge in [0.25, 0.3) is 5.91 Å². The van der Waals surface area contributed by atoms with E-state index in [1.54, 1.807) is 17.9 Å². The van der Waals surface area contributed by atoms with Crippen LogP contribution in [-0.4, -0.2) is 32.9 Å². The Labute approximate surface area is 101 Å². The number of amides is 1. The number of halogens is 1. The van der Waals surface area contributed by atoms with Gasteiger partial charge in [-0.3, -0.25) is 9.48 Å². The van der Waals surface area contributed by atoms with Crippen molar-refractivity contribution >= 4 is 28.5 Å². The Morgan fingerprint density at radius 1 is 1.73 bits per heavy atom. The number of rotatable bonds is 2. The van der Waals surface area contributed by atoms with E-state index in [1.165, 1.54) is 0 Å². The summed E-state index contributed by atoms with van der Waals surface area (Å²) in [6.45, 7) is 0. The minimum Gasteiger partial charge on any atom is -0.393 e. The molecule has 15 heavy (non-hydrogen) atoms. The first kappa shape index (κ1) is 10.9. The lowest BCUT2D eigenvalue weighted by Crippen LogP contribution is -2.46. The number of carbonyl (C=O) groups excluding carboxylic acids is 1. The monoisotopic (exact) mass is 321 g/mol. The summed E-state index contributed by atoms with van der Waals surface area (Å²) in [6, 6.07) is 0.114. The number of aryl methyl sites for hydroxylation is 1. The highest BCUT2D eigenvalue weighted by atomic mass is 127. The minimum absolute atomic E-state index is 0.107. The summed E-state index contributed by atoms with van der Waals surface area (Å²) in [5.41, 5.74) is 0.597. The largest absolute Gasteiger partial charge is 0.393 e. The molecular formula is C9H12IN3O2. The maximum atomic E-state index is 11.7. The first-order valence-electron chi connectivity index (χ1n) is 4.74. The summed E-state index contributed by atoms with van der Waals surface area (Å²) in [6.07, 6.45) is 2.63. The van der Waals surface area contributed by atoms with Gasteiger partial charge in [0, 0.05) is 13.1 Å². The van der Waals surface area contributed by atoms with Crippen LogP contribution in [0.5, 0.6) is 0 Å². The highest BCUT2D eigenvalue weighted by Gasteiger charge is 2.29. The van der Waals surface area contributed by atoms with E-state index >= 15 is 0 Å². The van der Waals surface area contributed by atoms with E-state index in [2.05, 4.69) is 33.0 Å². The van der Waals surface area contributed by atoms with Gasteiger partial charge in [-0.15, -0.1) is 0 Å². The topological polar surface area (TPSA) is 67.2 Å². The van der Waals surface area contributed by atoms with Crippen molar-refractivity contribution in [2.24, 2.45) is 7.05 Å². The van der Waals surface area contributed by atoms with Crippen LogP contribution in [0.2, 0.25) is 0 Å². The number of nitrogens with zero attached hydrogens (tertiary/aromatic N) is 2. The highest BCUT2D eigenvalue weighted by molar-refractivity contribution is 14.1. The van der Waals surface area contributed by atoms with E-state index in [-0.39, 0.29) is 18.1 Å². The van der Waals surface area contributed by atoms with Crippen LogP contribution < -0.4 is 5.32 Å². The van der Waals surface area contributed by atoms with Crippen LogP contribution in [0.15, 0.2) is 6.20 Å². The molecule has 6 heteroatoms. The van der Waals surface area contributed by atoms with Gasteiger partial charge >= 0.3 is 0 Å². The van der Waals surface area contributed by atoms with E-state index < -0.39 is 0 Å². The molecule has 1 aliphatic carbocycles. The lowest BCUT2D eigenvalue weighted by Gasteiger charge is -2.31. The summed E-state index contributed by atoms with van der Waals surface area (Å²) in [4.78, 5) is 11.7. The van der Waals surface area contributed by atoms with Crippen LogP contribution in [0.1, 0.15) is 23.2 Å². The van der Waals surface area contributed by atoms with Crippen LogP contribution >= 0.6 is 22.6 Å². The molecule has 0 aliphatic heterocycles. The van der Waals surface area contributed by atoms with Gasteiger partial charge < -0.3 is 10.4 Å². The number of aliphatic hydroxyl groups excluding tert-OH is 1. The van der Waals surface area contributed by atoms with Crippen molar-refractivity contribution < 1.29 is 9.90 Å². The van der Waals surface area contributed by atoms with E-state index in [0.29, 0.717) is 18.4 Å². The molecule has 0 radical (unpaired) electrons. The van der Waals surface area contributed by atoms with Crippen LogP contribution in [-0.2, 0) is 7.05 Å². The van der Waals surface area contributed by atoms with Gasteiger partial charge in [0.1, 0.15) is 3.70 Å². The standard InChI is InChI=1S/C9H12IN3O2/c1-13-8(10)7(4-11-13)9(15)12-5-2-6(14)3-5/h4-6,14H,2-3H2,1H3,(H,12,15). The molecule has 0 bridgehead atoms. The quantitative estimate of drug-likeness (QED) is 0.769. The van der Waals surface area contributed by atoms with Crippen LogP contribution in [0.25, 0.3) is 0 Å². The lowest BCUT2D eigenvalue weighted by molar-refractivity contribution is 0.0562. The van der Waals surface area contributed by atoms with Gasteiger partial charge in [0.05, 0.1) is 17.9 Å². The molecular weight excluding hydrogens is 309 g/mol. The second-order valence-electron chi connectivity index (χ2n) is 3.77. The highest BCUT2D eigenvalue weighted by Crippen LogP contribution is 2.20. The maximum Gasteiger partial charge on any atom is 0.255 e. The Morgan fingerprint density at radius 2 is 2.40 bits per heavy atom. The van der Waals surface area contributed by atoms with E-state index in [4.69, 9.17) is 5.11 Å². The van der Waals surface area contributed by atoms with Gasteiger partial charge in [-0.05, 0) is 35.4 Å². The summed E-state index contributed by atoms with van der Waals surface area (Å²) in [5, 5.41) is 16.0. The third kappa shape index (κ3) is 2.15. The molecule has 1 aromatic heterocycles. The Hall–Kier alpha value is -0.630. The molecule has 0 aromatic carbocycles. The first-order valence-corrected chi connectivity index (χ1v) is 5.82. The van der Waals surface area contributed by atoms with Crippen molar-refractivity contribution in [1.29, 1.82) is 0 Å². The van der Waals surface area contributed by atoms with Crippen LogP contribution in [0, 0.1) is 3.70 Å². The summed E-state index contributed by atoms with van der Waals surface area (Å²) in [5.74, 6) is -0.107. The molecule has 1 aromatic rings. The van der Waals surface area contributed by atoms with Gasteiger partial charge in [-0.1, -0.05) is 0 Å². The normalized spacial score (nSPS) is 24.7. The number of hydrogen-bond acceptors (Lipinski definition) is 3. The van der Waals surface area contributed by atoms with Crippen molar-refractivity contribution in [1.82, 2.24) is 15.1 Å². The molecule has 0 unspecified atom stereocenters. The molecule has 1 fully saturated rings. The minimum atomic E-state index is -0.247. The maximum absolute atomic E-state index is 11.7. The van der Waals surface area contributed by atoms with Crippen molar-refractivity contribution in [3.8, 4) is 0 Å². The zero-order valence-corrected chi connectivity index (χ0v) is 10.4. The molecule has 1 heterocycles. The van der Waals surface area contributed by atoms with Gasteiger partial charge in [-0.25, -0.2) is 0 Å². The van der Waals surface area contributed by atoms with Crippen LogP contribution in [0.3, 0.4) is 0 Å². The Morgan fingerprint density at radius 3 is 2.87 bits per heavy atom. The van der Waals surface area contributed by atoms with Crippen LogP contribution in [0.4, 0.5) is 0 Å². The predicted molar refractivity (Wildman–Crippen MR) is 62.4 cm³/mol. The summed E-state index contributed by atoms with van der Waals surface area (Å²) < 4.78 is 2.48. The summed E-state index contributed by atoms with van der Waals surface area (Å²) in [7, 11) is 1.80. The van der Waals surface area contributed by atoms with Crippen molar-refractivity contribution in [2.45, 2.75) is 25.0 Å². The second-order valence-corrected chi connectivity index (χ2v) is 4.79. The lowest BCUT2D eigenvalue weighted by atomic mass is 9.89. The van der Waals surface area contributed by atoms with E-state index in [9.17, 15) is 4.79 Å². The Kier molecular flexibility index (Phi) is 2.96. The number of carbonyl (C=O) groups is 1. The van der Waals surface area contributed by atoms with Gasteiger partial charge in [-0.2, -0.15) is 5.10 Å². The third-order valence-electron chi connectivity index (χ3n) is 2.56. The molecule has 0 atom stereocenters. The molecule has 2 rings (SSSR count). The smallest absolute Gasteiger partial charge is 0.255 e. The SMILES string of the molecule is Cn1ncc(C(=O)NC2CC(O)C2)c1I. The molecule has 1 amide bonds.